The summed E-state index contributed by atoms with van der Waals surface area (Å²) >= 11 is 0. The predicted octanol–water partition coefficient (Wildman–Crippen LogP) is 1.42. The van der Waals surface area contributed by atoms with Crippen molar-refractivity contribution in [2.75, 3.05) is 31.1 Å². The number of aromatic nitrogens is 2. The van der Waals surface area contributed by atoms with E-state index in [-0.39, 0.29) is 5.69 Å². The fourth-order valence-corrected chi connectivity index (χ4v) is 3.55. The summed E-state index contributed by atoms with van der Waals surface area (Å²) in [7, 11) is 0. The van der Waals surface area contributed by atoms with E-state index in [0.29, 0.717) is 6.04 Å². The lowest BCUT2D eigenvalue weighted by atomic mass is 10.0. The molecule has 3 heterocycles. The Hall–Kier alpha value is -1.69. The van der Waals surface area contributed by atoms with Gasteiger partial charge in [-0.15, -0.1) is 0 Å². The van der Waals surface area contributed by atoms with Crippen LogP contribution in [0.3, 0.4) is 0 Å². The molecule has 6 heteroatoms. The molecule has 1 aromatic heterocycles. The minimum Gasteiger partial charge on any atom is -0.364 e. The highest BCUT2D eigenvalue weighted by atomic mass is 16.1. The maximum absolute atomic E-state index is 11.2. The van der Waals surface area contributed by atoms with Gasteiger partial charge in [0.1, 0.15) is 11.5 Å². The van der Waals surface area contributed by atoms with E-state index in [2.05, 4.69) is 19.8 Å². The molecule has 0 aliphatic carbocycles. The normalized spacial score (nSPS) is 21.5. The molecular formula is C16H25N5O. The monoisotopic (exact) mass is 303 g/mol. The zero-order chi connectivity index (χ0) is 15.4. The first-order valence-corrected chi connectivity index (χ1v) is 8.35. The van der Waals surface area contributed by atoms with Crippen LogP contribution in [0.1, 0.15) is 49.0 Å². The first-order valence-electron chi connectivity index (χ1n) is 8.35. The van der Waals surface area contributed by atoms with Crippen LogP contribution in [0.2, 0.25) is 0 Å². The Bertz CT molecular complexity index is 505. The number of hydrogen-bond donors (Lipinski definition) is 1. The number of piperidine rings is 1. The molecule has 0 aromatic carbocycles. The predicted molar refractivity (Wildman–Crippen MR) is 85.8 cm³/mol. The van der Waals surface area contributed by atoms with Gasteiger partial charge in [-0.3, -0.25) is 9.78 Å². The Labute approximate surface area is 131 Å². The summed E-state index contributed by atoms with van der Waals surface area (Å²) in [6, 6.07) is 0.696. The number of carbonyl (C=O) groups is 1. The van der Waals surface area contributed by atoms with Gasteiger partial charge in [0, 0.05) is 19.1 Å². The molecule has 1 aromatic rings. The number of rotatable bonds is 3. The molecule has 6 nitrogen and oxygen atoms in total. The second-order valence-electron chi connectivity index (χ2n) is 6.30. The summed E-state index contributed by atoms with van der Waals surface area (Å²) in [5.74, 6) is 0.249. The van der Waals surface area contributed by atoms with E-state index in [9.17, 15) is 4.79 Å². The largest absolute Gasteiger partial charge is 0.364 e. The molecule has 2 N–H and O–H groups in total. The van der Waals surface area contributed by atoms with Crippen molar-refractivity contribution >= 4 is 11.7 Å². The minimum atomic E-state index is -0.520. The summed E-state index contributed by atoms with van der Waals surface area (Å²) in [5.41, 5.74) is 5.52. The summed E-state index contributed by atoms with van der Waals surface area (Å²) in [4.78, 5) is 24.5. The summed E-state index contributed by atoms with van der Waals surface area (Å²) in [5, 5.41) is 0. The molecule has 2 saturated heterocycles. The highest BCUT2D eigenvalue weighted by Gasteiger charge is 2.25. The van der Waals surface area contributed by atoms with Crippen molar-refractivity contribution in [2.24, 2.45) is 5.73 Å². The molecule has 2 aliphatic heterocycles. The summed E-state index contributed by atoms with van der Waals surface area (Å²) in [6.07, 6.45) is 10.9. The Morgan fingerprint density at radius 1 is 1.05 bits per heavy atom. The van der Waals surface area contributed by atoms with Gasteiger partial charge in [-0.05, 0) is 38.8 Å². The SMILES string of the molecule is NC(=O)c1cncc(N2CCC(N3CCCCCC3)CC2)n1. The molecular weight excluding hydrogens is 278 g/mol. The van der Waals surface area contributed by atoms with Crippen molar-refractivity contribution in [1.29, 1.82) is 0 Å². The van der Waals surface area contributed by atoms with Crippen LogP contribution in [0.4, 0.5) is 5.82 Å². The zero-order valence-electron chi connectivity index (χ0n) is 13.1. The number of amides is 1. The summed E-state index contributed by atoms with van der Waals surface area (Å²) < 4.78 is 0. The molecule has 0 atom stereocenters. The molecule has 0 saturated carbocycles. The smallest absolute Gasteiger partial charge is 0.268 e. The van der Waals surface area contributed by atoms with Crippen molar-refractivity contribution in [3.05, 3.63) is 18.1 Å². The van der Waals surface area contributed by atoms with Crippen LogP contribution in [0.5, 0.6) is 0 Å². The average Bonchev–Trinajstić information content (AvgIpc) is 2.84. The van der Waals surface area contributed by atoms with E-state index in [1.54, 1.807) is 6.20 Å². The van der Waals surface area contributed by atoms with E-state index < -0.39 is 5.91 Å². The van der Waals surface area contributed by atoms with Crippen molar-refractivity contribution in [3.8, 4) is 0 Å². The van der Waals surface area contributed by atoms with Gasteiger partial charge in [-0.2, -0.15) is 0 Å². The molecule has 22 heavy (non-hydrogen) atoms. The van der Waals surface area contributed by atoms with Crippen LogP contribution >= 0.6 is 0 Å². The van der Waals surface area contributed by atoms with E-state index in [1.165, 1.54) is 45.0 Å². The van der Waals surface area contributed by atoms with E-state index in [4.69, 9.17) is 5.73 Å². The molecule has 2 fully saturated rings. The number of likely N-dealkylation sites (tertiary alicyclic amines) is 1. The molecule has 3 rings (SSSR count). The van der Waals surface area contributed by atoms with Crippen LogP contribution in [0, 0.1) is 0 Å². The fourth-order valence-electron chi connectivity index (χ4n) is 3.55. The Balaban J connectivity index is 1.59. The van der Waals surface area contributed by atoms with Gasteiger partial charge >= 0.3 is 0 Å². The Morgan fingerprint density at radius 3 is 2.36 bits per heavy atom. The zero-order valence-corrected chi connectivity index (χ0v) is 13.1. The second kappa shape index (κ2) is 7.05. The van der Waals surface area contributed by atoms with Gasteiger partial charge in [-0.25, -0.2) is 4.98 Å². The molecule has 1 amide bonds. The maximum Gasteiger partial charge on any atom is 0.268 e. The fraction of sp³-hybridized carbons (Fsp3) is 0.688. The lowest BCUT2D eigenvalue weighted by Crippen LogP contribution is -2.45. The highest BCUT2D eigenvalue weighted by molar-refractivity contribution is 5.90. The van der Waals surface area contributed by atoms with Crippen LogP contribution in [-0.4, -0.2) is 53.0 Å². The third kappa shape index (κ3) is 3.55. The van der Waals surface area contributed by atoms with Crippen molar-refractivity contribution in [1.82, 2.24) is 14.9 Å². The van der Waals surface area contributed by atoms with E-state index in [0.717, 1.165) is 31.7 Å². The van der Waals surface area contributed by atoms with E-state index in [1.807, 2.05) is 0 Å². The van der Waals surface area contributed by atoms with E-state index >= 15 is 0 Å². The van der Waals surface area contributed by atoms with Gasteiger partial charge in [0.2, 0.25) is 0 Å². The minimum absolute atomic E-state index is 0.243. The number of nitrogens with zero attached hydrogens (tertiary/aromatic N) is 4. The number of nitrogens with two attached hydrogens (primary N) is 1. The molecule has 0 radical (unpaired) electrons. The van der Waals surface area contributed by atoms with Gasteiger partial charge in [-0.1, -0.05) is 12.8 Å². The van der Waals surface area contributed by atoms with Gasteiger partial charge in [0.15, 0.2) is 0 Å². The topological polar surface area (TPSA) is 75.4 Å². The number of primary amides is 1. The number of anilines is 1. The van der Waals surface area contributed by atoms with Gasteiger partial charge in [0.25, 0.3) is 5.91 Å². The molecule has 0 bridgehead atoms. The number of hydrogen-bond acceptors (Lipinski definition) is 5. The van der Waals surface area contributed by atoms with Crippen LogP contribution in [-0.2, 0) is 0 Å². The quantitative estimate of drug-likeness (QED) is 0.914. The third-order valence-electron chi connectivity index (χ3n) is 4.82. The van der Waals surface area contributed by atoms with Gasteiger partial charge in [0.05, 0.1) is 12.4 Å². The van der Waals surface area contributed by atoms with Gasteiger partial charge < -0.3 is 15.5 Å². The lowest BCUT2D eigenvalue weighted by molar-refractivity contribution is 0.0995. The average molecular weight is 303 g/mol. The van der Waals surface area contributed by atoms with Crippen molar-refractivity contribution in [3.63, 3.8) is 0 Å². The Morgan fingerprint density at radius 2 is 1.73 bits per heavy atom. The second-order valence-corrected chi connectivity index (χ2v) is 6.30. The van der Waals surface area contributed by atoms with Crippen LogP contribution in [0.25, 0.3) is 0 Å². The standard InChI is InChI=1S/C16H25N5O/c17-16(22)14-11-18-12-15(19-14)21-9-5-13(6-10-21)20-7-3-1-2-4-8-20/h11-13H,1-10H2,(H2,17,22). The van der Waals surface area contributed by atoms with Crippen molar-refractivity contribution in [2.45, 2.75) is 44.6 Å². The number of carbonyl (C=O) groups excluding carboxylic acids is 1. The summed E-state index contributed by atoms with van der Waals surface area (Å²) in [6.45, 7) is 4.44. The van der Waals surface area contributed by atoms with Crippen LogP contribution in [0.15, 0.2) is 12.4 Å². The lowest BCUT2D eigenvalue weighted by Gasteiger charge is -2.38. The molecule has 120 valence electrons. The first-order chi connectivity index (χ1) is 10.7. The molecule has 0 unspecified atom stereocenters. The highest BCUT2D eigenvalue weighted by Crippen LogP contribution is 2.23. The molecule has 2 aliphatic rings. The van der Waals surface area contributed by atoms with Crippen LogP contribution < -0.4 is 10.6 Å². The Kier molecular flexibility index (Phi) is 4.87. The third-order valence-corrected chi connectivity index (χ3v) is 4.82. The maximum atomic E-state index is 11.2. The molecule has 0 spiro atoms. The van der Waals surface area contributed by atoms with Crippen molar-refractivity contribution < 1.29 is 4.79 Å². The first kappa shape index (κ1) is 15.2.